The molecule has 1 unspecified atom stereocenters. The summed E-state index contributed by atoms with van der Waals surface area (Å²) < 4.78 is 0. The first-order chi connectivity index (χ1) is 21.1. The van der Waals surface area contributed by atoms with Gasteiger partial charge in [0.05, 0.1) is 16.8 Å². The lowest BCUT2D eigenvalue weighted by Gasteiger charge is -2.19. The summed E-state index contributed by atoms with van der Waals surface area (Å²) in [6.07, 6.45) is -0.0645. The smallest absolute Gasteiger partial charge is 0.269 e. The molecule has 10 heteroatoms. The second-order valence-corrected chi connectivity index (χ2v) is 10.3. The van der Waals surface area contributed by atoms with Crippen LogP contribution >= 0.6 is 11.6 Å². The van der Waals surface area contributed by atoms with Crippen LogP contribution in [0, 0.1) is 10.1 Å². The maximum Gasteiger partial charge on any atom is 0.269 e. The fourth-order valence-corrected chi connectivity index (χ4v) is 4.72. The minimum atomic E-state index is -1.61. The van der Waals surface area contributed by atoms with Crippen LogP contribution in [0.5, 0.6) is 0 Å². The van der Waals surface area contributed by atoms with E-state index in [9.17, 15) is 29.6 Å². The van der Waals surface area contributed by atoms with Gasteiger partial charge in [-0.05, 0) is 66.2 Å². The summed E-state index contributed by atoms with van der Waals surface area (Å²) in [5.74, 6) is -1.89. The number of nitro benzene ring substituents is 1. The number of Topliss-reactive ketones (excluding diaryl/α,β-unsaturated/α-hetero) is 1. The van der Waals surface area contributed by atoms with Gasteiger partial charge in [0.25, 0.3) is 5.69 Å². The molecule has 0 spiro atoms. The van der Waals surface area contributed by atoms with Crippen LogP contribution in [0.25, 0.3) is 0 Å². The first-order valence-electron chi connectivity index (χ1n) is 13.3. The Balaban J connectivity index is 1.49. The molecule has 0 aliphatic rings. The first-order valence-corrected chi connectivity index (χ1v) is 13.7. The molecule has 1 N–H and O–H groups in total. The number of benzene rings is 4. The molecule has 5 aromatic rings. The highest BCUT2D eigenvalue weighted by Crippen LogP contribution is 2.27. The maximum atomic E-state index is 13.6. The molecule has 0 saturated heterocycles. The lowest BCUT2D eigenvalue weighted by molar-refractivity contribution is -0.384. The number of non-ortho nitro benzene ring substituents is 1. The third-order valence-corrected chi connectivity index (χ3v) is 7.33. The van der Waals surface area contributed by atoms with Crippen LogP contribution in [0.2, 0.25) is 5.02 Å². The van der Waals surface area contributed by atoms with Crippen molar-refractivity contribution in [1.82, 2.24) is 4.98 Å². The number of aliphatic hydroxyl groups excluding tert-OH is 1. The molecule has 0 radical (unpaired) electrons. The van der Waals surface area contributed by atoms with Gasteiger partial charge in [-0.1, -0.05) is 48.0 Å². The third-order valence-electron chi connectivity index (χ3n) is 7.08. The highest BCUT2D eigenvalue weighted by Gasteiger charge is 2.27. The van der Waals surface area contributed by atoms with Gasteiger partial charge in [-0.25, -0.2) is 0 Å². The molecular weight excluding hydrogens is 582 g/mol. The first kappa shape index (κ1) is 30.0. The van der Waals surface area contributed by atoms with Crippen LogP contribution in [0.1, 0.15) is 54.0 Å². The number of aliphatic hydroxyl groups is 1. The number of hydrogen-bond acceptors (Lipinski definition) is 8. The number of nitrogens with zero attached hydrogens (tertiary/aromatic N) is 3. The maximum absolute atomic E-state index is 13.6. The van der Waals surface area contributed by atoms with E-state index in [1.807, 2.05) is 24.1 Å². The zero-order chi connectivity index (χ0) is 31.4. The van der Waals surface area contributed by atoms with Gasteiger partial charge in [-0.3, -0.25) is 29.5 Å². The number of ketones is 3. The highest BCUT2D eigenvalue weighted by atomic mass is 35.5. The lowest BCUT2D eigenvalue weighted by atomic mass is 9.89. The van der Waals surface area contributed by atoms with E-state index in [1.165, 1.54) is 42.5 Å². The van der Waals surface area contributed by atoms with Crippen molar-refractivity contribution in [2.75, 3.05) is 11.9 Å². The van der Waals surface area contributed by atoms with Crippen molar-refractivity contribution in [3.05, 3.63) is 164 Å². The molecule has 0 amide bonds. The molecule has 0 fully saturated rings. The SMILES string of the molecule is CN(c1ccc(Cl)cc1)c1ccc(C(=O)c2ccc(C(=O)c3ccc([N+](=O)[O-])cc3)c(C(=O)C(O)c3ccccc3)c2)nc1. The molecule has 1 aromatic heterocycles. The van der Waals surface area contributed by atoms with E-state index >= 15 is 0 Å². The Hall–Kier alpha value is -5.51. The zero-order valence-corrected chi connectivity index (χ0v) is 24.0. The molecule has 218 valence electrons. The largest absolute Gasteiger partial charge is 0.380 e. The van der Waals surface area contributed by atoms with Crippen molar-refractivity contribution in [2.24, 2.45) is 0 Å². The monoisotopic (exact) mass is 605 g/mol. The third kappa shape index (κ3) is 6.29. The predicted molar refractivity (Wildman–Crippen MR) is 166 cm³/mol. The Morgan fingerprint density at radius 1 is 0.795 bits per heavy atom. The van der Waals surface area contributed by atoms with Gasteiger partial charge in [0, 0.05) is 52.1 Å². The predicted octanol–water partition coefficient (Wildman–Crippen LogP) is 6.79. The molecule has 5 rings (SSSR count). The number of anilines is 2. The second kappa shape index (κ2) is 12.8. The van der Waals surface area contributed by atoms with Crippen molar-refractivity contribution < 1.29 is 24.4 Å². The summed E-state index contributed by atoms with van der Waals surface area (Å²) in [4.78, 5) is 57.2. The summed E-state index contributed by atoms with van der Waals surface area (Å²) in [6.45, 7) is 0. The minimum absolute atomic E-state index is 0.0664. The number of nitro groups is 1. The standard InChI is InChI=1S/C34H24ClN3O6/c1-37(25-14-10-24(35)11-15-25)27-16-18-30(36-20-27)32(40)23-9-17-28(31(39)22-7-12-26(13-8-22)38(43)44)29(19-23)34(42)33(41)21-5-3-2-4-6-21/h2-20,33,41H,1H3. The molecular formula is C34H24ClN3O6. The van der Waals surface area contributed by atoms with E-state index in [0.717, 1.165) is 11.4 Å². The quantitative estimate of drug-likeness (QED) is 0.105. The van der Waals surface area contributed by atoms with Crippen LogP contribution in [0.4, 0.5) is 17.1 Å². The summed E-state index contributed by atoms with van der Waals surface area (Å²) in [6, 6.07) is 27.7. The van der Waals surface area contributed by atoms with E-state index < -0.39 is 28.4 Å². The van der Waals surface area contributed by atoms with Crippen LogP contribution in [0.3, 0.4) is 0 Å². The number of carbonyl (C=O) groups excluding carboxylic acids is 3. The number of carbonyl (C=O) groups is 3. The molecule has 0 bridgehead atoms. The minimum Gasteiger partial charge on any atom is -0.380 e. The van der Waals surface area contributed by atoms with E-state index in [1.54, 1.807) is 60.8 Å². The van der Waals surface area contributed by atoms with Crippen molar-refractivity contribution in [2.45, 2.75) is 6.10 Å². The number of pyridine rings is 1. The molecule has 9 nitrogen and oxygen atoms in total. The molecule has 0 aliphatic heterocycles. The molecule has 1 heterocycles. The number of aromatic nitrogens is 1. The number of hydrogen-bond donors (Lipinski definition) is 1. The van der Waals surface area contributed by atoms with Gasteiger partial charge in [0.15, 0.2) is 11.6 Å². The van der Waals surface area contributed by atoms with Crippen molar-refractivity contribution in [3.63, 3.8) is 0 Å². The van der Waals surface area contributed by atoms with Gasteiger partial charge in [0.1, 0.15) is 11.8 Å². The van der Waals surface area contributed by atoms with Crippen molar-refractivity contribution in [3.8, 4) is 0 Å². The fourth-order valence-electron chi connectivity index (χ4n) is 4.59. The van der Waals surface area contributed by atoms with Crippen molar-refractivity contribution >= 4 is 46.0 Å². The van der Waals surface area contributed by atoms with Gasteiger partial charge in [-0.2, -0.15) is 0 Å². The molecule has 44 heavy (non-hydrogen) atoms. The average Bonchev–Trinajstić information content (AvgIpc) is 3.07. The van der Waals surface area contributed by atoms with Crippen LogP contribution in [0.15, 0.2) is 115 Å². The van der Waals surface area contributed by atoms with E-state index in [4.69, 9.17) is 11.6 Å². The summed E-state index contributed by atoms with van der Waals surface area (Å²) in [7, 11) is 1.85. The van der Waals surface area contributed by atoms with E-state index in [2.05, 4.69) is 4.98 Å². The van der Waals surface area contributed by atoms with Gasteiger partial charge in [-0.15, -0.1) is 0 Å². The molecule has 0 aliphatic carbocycles. The average molecular weight is 606 g/mol. The Kier molecular flexibility index (Phi) is 8.71. The Morgan fingerprint density at radius 3 is 2.05 bits per heavy atom. The topological polar surface area (TPSA) is 131 Å². The molecule has 1 atom stereocenters. The number of halogens is 1. The zero-order valence-electron chi connectivity index (χ0n) is 23.3. The fraction of sp³-hybridized carbons (Fsp3) is 0.0588. The number of rotatable bonds is 10. The van der Waals surface area contributed by atoms with Crippen molar-refractivity contribution in [1.29, 1.82) is 0 Å². The van der Waals surface area contributed by atoms with Gasteiger partial charge in [0.2, 0.25) is 5.78 Å². The highest BCUT2D eigenvalue weighted by molar-refractivity contribution is 6.30. The van der Waals surface area contributed by atoms with Crippen LogP contribution in [-0.2, 0) is 0 Å². The Morgan fingerprint density at radius 2 is 1.43 bits per heavy atom. The normalized spacial score (nSPS) is 11.4. The Labute approximate surface area is 257 Å². The van der Waals surface area contributed by atoms with E-state index in [0.29, 0.717) is 10.6 Å². The van der Waals surface area contributed by atoms with E-state index in [-0.39, 0.29) is 33.6 Å². The van der Waals surface area contributed by atoms with Crippen LogP contribution < -0.4 is 4.90 Å². The summed E-state index contributed by atoms with van der Waals surface area (Å²) >= 11 is 5.99. The molecule has 4 aromatic carbocycles. The Bertz CT molecular complexity index is 1860. The summed E-state index contributed by atoms with van der Waals surface area (Å²) in [5, 5.41) is 22.6. The van der Waals surface area contributed by atoms with Crippen LogP contribution in [-0.4, -0.2) is 39.4 Å². The lowest BCUT2D eigenvalue weighted by Crippen LogP contribution is -2.18. The molecule has 0 saturated carbocycles. The second-order valence-electron chi connectivity index (χ2n) is 9.84. The summed E-state index contributed by atoms with van der Waals surface area (Å²) in [5.41, 5.74) is 1.74. The van der Waals surface area contributed by atoms with Gasteiger partial charge < -0.3 is 10.0 Å². The van der Waals surface area contributed by atoms with Gasteiger partial charge >= 0.3 is 0 Å².